The molecule has 0 aliphatic carbocycles. The largest absolute Gasteiger partial charge is 0.493 e. The molecule has 0 bridgehead atoms. The SMILES string of the molecule is COc1c(I)ccc(C(=O)O)c1F. The van der Waals surface area contributed by atoms with Crippen molar-refractivity contribution in [2.45, 2.75) is 0 Å². The molecular weight excluding hydrogens is 290 g/mol. The summed E-state index contributed by atoms with van der Waals surface area (Å²) in [6.45, 7) is 0. The second-order valence-corrected chi connectivity index (χ2v) is 3.41. The van der Waals surface area contributed by atoms with Crippen molar-refractivity contribution in [2.75, 3.05) is 7.11 Å². The van der Waals surface area contributed by atoms with E-state index in [0.717, 1.165) is 0 Å². The Balaban J connectivity index is 3.35. The van der Waals surface area contributed by atoms with Gasteiger partial charge in [-0.3, -0.25) is 0 Å². The van der Waals surface area contributed by atoms with E-state index in [4.69, 9.17) is 9.84 Å². The third-order valence-corrected chi connectivity index (χ3v) is 2.33. The second kappa shape index (κ2) is 3.91. The zero-order valence-corrected chi connectivity index (χ0v) is 8.83. The van der Waals surface area contributed by atoms with Crippen molar-refractivity contribution in [2.24, 2.45) is 0 Å². The Morgan fingerprint density at radius 1 is 1.62 bits per heavy atom. The topological polar surface area (TPSA) is 46.5 Å². The molecule has 13 heavy (non-hydrogen) atoms. The number of halogens is 2. The molecule has 3 nitrogen and oxygen atoms in total. The van der Waals surface area contributed by atoms with Crippen molar-refractivity contribution >= 4 is 28.6 Å². The molecule has 0 atom stereocenters. The van der Waals surface area contributed by atoms with Gasteiger partial charge < -0.3 is 9.84 Å². The van der Waals surface area contributed by atoms with E-state index in [0.29, 0.717) is 3.57 Å². The number of methoxy groups -OCH3 is 1. The fourth-order valence-corrected chi connectivity index (χ4v) is 1.52. The minimum atomic E-state index is -1.30. The summed E-state index contributed by atoms with van der Waals surface area (Å²) in [5, 5.41) is 8.58. The maximum Gasteiger partial charge on any atom is 0.338 e. The molecule has 0 fully saturated rings. The van der Waals surface area contributed by atoms with Crippen molar-refractivity contribution in [3.05, 3.63) is 27.1 Å². The van der Waals surface area contributed by atoms with Crippen molar-refractivity contribution in [1.82, 2.24) is 0 Å². The standard InChI is InChI=1S/C8H6FIO3/c1-13-7-5(10)3-2-4(6(7)9)8(11)12/h2-3H,1H3,(H,11,12). The quantitative estimate of drug-likeness (QED) is 0.851. The number of hydrogen-bond donors (Lipinski definition) is 1. The molecule has 0 heterocycles. The molecule has 0 aromatic heterocycles. The first-order valence-electron chi connectivity index (χ1n) is 3.33. The molecule has 0 spiro atoms. The molecule has 0 radical (unpaired) electrons. The summed E-state index contributed by atoms with van der Waals surface area (Å²) < 4.78 is 18.5. The number of ether oxygens (including phenoxy) is 1. The first-order valence-corrected chi connectivity index (χ1v) is 4.41. The van der Waals surface area contributed by atoms with Gasteiger partial charge in [0.2, 0.25) is 0 Å². The van der Waals surface area contributed by atoms with Crippen LogP contribution in [0.2, 0.25) is 0 Å². The molecule has 0 unspecified atom stereocenters. The highest BCUT2D eigenvalue weighted by molar-refractivity contribution is 14.1. The Labute approximate surface area is 87.7 Å². The van der Waals surface area contributed by atoms with Crippen LogP contribution < -0.4 is 4.74 Å². The third kappa shape index (κ3) is 1.90. The average molecular weight is 296 g/mol. The van der Waals surface area contributed by atoms with Gasteiger partial charge in [-0.05, 0) is 34.7 Å². The van der Waals surface area contributed by atoms with Crippen LogP contribution in [-0.4, -0.2) is 18.2 Å². The van der Waals surface area contributed by atoms with E-state index < -0.39 is 11.8 Å². The van der Waals surface area contributed by atoms with E-state index in [1.807, 2.05) is 22.6 Å². The average Bonchev–Trinajstić information content (AvgIpc) is 2.04. The van der Waals surface area contributed by atoms with Crippen molar-refractivity contribution in [3.63, 3.8) is 0 Å². The predicted molar refractivity (Wildman–Crippen MR) is 52.6 cm³/mol. The van der Waals surface area contributed by atoms with E-state index in [9.17, 15) is 9.18 Å². The Bertz CT molecular complexity index is 351. The minimum absolute atomic E-state index is 0.0273. The van der Waals surface area contributed by atoms with Crippen LogP contribution in [0, 0.1) is 9.39 Å². The van der Waals surface area contributed by atoms with Crippen LogP contribution in [0.15, 0.2) is 12.1 Å². The van der Waals surface area contributed by atoms with Crippen molar-refractivity contribution in [3.8, 4) is 5.75 Å². The van der Waals surface area contributed by atoms with Crippen LogP contribution >= 0.6 is 22.6 Å². The van der Waals surface area contributed by atoms with Gasteiger partial charge in [0.05, 0.1) is 16.2 Å². The summed E-state index contributed by atoms with van der Waals surface area (Å²) in [4.78, 5) is 10.5. The molecule has 1 aromatic rings. The summed E-state index contributed by atoms with van der Waals surface area (Å²) >= 11 is 1.87. The number of benzene rings is 1. The molecule has 0 aliphatic heterocycles. The molecule has 1 rings (SSSR count). The van der Waals surface area contributed by atoms with Crippen LogP contribution in [0.3, 0.4) is 0 Å². The van der Waals surface area contributed by atoms with Crippen LogP contribution in [0.5, 0.6) is 5.75 Å². The third-order valence-electron chi connectivity index (χ3n) is 1.48. The van der Waals surface area contributed by atoms with Gasteiger partial charge in [-0.25, -0.2) is 9.18 Å². The molecule has 70 valence electrons. The highest BCUT2D eigenvalue weighted by atomic mass is 127. The van der Waals surface area contributed by atoms with E-state index in [1.165, 1.54) is 19.2 Å². The Morgan fingerprint density at radius 2 is 2.23 bits per heavy atom. The van der Waals surface area contributed by atoms with E-state index in [-0.39, 0.29) is 11.3 Å². The molecule has 0 amide bonds. The number of aromatic carboxylic acids is 1. The maximum absolute atomic E-state index is 13.3. The van der Waals surface area contributed by atoms with Gasteiger partial charge in [-0.2, -0.15) is 0 Å². The summed E-state index contributed by atoms with van der Waals surface area (Å²) in [6.07, 6.45) is 0. The maximum atomic E-state index is 13.3. The lowest BCUT2D eigenvalue weighted by molar-refractivity contribution is 0.0691. The lowest BCUT2D eigenvalue weighted by Gasteiger charge is -2.05. The van der Waals surface area contributed by atoms with Crippen molar-refractivity contribution < 1.29 is 19.0 Å². The molecule has 5 heteroatoms. The number of carboxylic acid groups (broad SMARTS) is 1. The number of rotatable bonds is 2. The van der Waals surface area contributed by atoms with Gasteiger partial charge in [0, 0.05) is 0 Å². The second-order valence-electron chi connectivity index (χ2n) is 2.25. The molecular formula is C8H6FIO3. The lowest BCUT2D eigenvalue weighted by atomic mass is 10.2. The van der Waals surface area contributed by atoms with Crippen LogP contribution in [-0.2, 0) is 0 Å². The monoisotopic (exact) mass is 296 g/mol. The molecule has 0 saturated heterocycles. The Kier molecular flexibility index (Phi) is 3.07. The van der Waals surface area contributed by atoms with Crippen LogP contribution in [0.4, 0.5) is 4.39 Å². The van der Waals surface area contributed by atoms with Gasteiger partial charge in [0.1, 0.15) is 0 Å². The zero-order chi connectivity index (χ0) is 10.0. The Hall–Kier alpha value is -0.850. The highest BCUT2D eigenvalue weighted by Gasteiger charge is 2.16. The molecule has 0 aliphatic rings. The predicted octanol–water partition coefficient (Wildman–Crippen LogP) is 2.14. The van der Waals surface area contributed by atoms with E-state index in [2.05, 4.69) is 0 Å². The fraction of sp³-hybridized carbons (Fsp3) is 0.125. The number of carboxylic acids is 1. The first kappa shape index (κ1) is 10.2. The zero-order valence-electron chi connectivity index (χ0n) is 6.67. The number of carbonyl (C=O) groups is 1. The normalized spacial score (nSPS) is 9.77. The van der Waals surface area contributed by atoms with Gasteiger partial charge in [-0.15, -0.1) is 0 Å². The van der Waals surface area contributed by atoms with Crippen LogP contribution in [0.1, 0.15) is 10.4 Å². The summed E-state index contributed by atoms with van der Waals surface area (Å²) in [7, 11) is 1.30. The van der Waals surface area contributed by atoms with Gasteiger partial charge >= 0.3 is 5.97 Å². The van der Waals surface area contributed by atoms with E-state index >= 15 is 0 Å². The van der Waals surface area contributed by atoms with Gasteiger partial charge in [0.15, 0.2) is 11.6 Å². The molecule has 1 aromatic carbocycles. The van der Waals surface area contributed by atoms with Gasteiger partial charge in [-0.1, -0.05) is 0 Å². The van der Waals surface area contributed by atoms with E-state index in [1.54, 1.807) is 0 Å². The van der Waals surface area contributed by atoms with Gasteiger partial charge in [0.25, 0.3) is 0 Å². The summed E-state index contributed by atoms with van der Waals surface area (Å²) in [5.41, 5.74) is -0.378. The van der Waals surface area contributed by atoms with Crippen LogP contribution in [0.25, 0.3) is 0 Å². The highest BCUT2D eigenvalue weighted by Crippen LogP contribution is 2.26. The lowest BCUT2D eigenvalue weighted by Crippen LogP contribution is -2.03. The molecule has 1 N–H and O–H groups in total. The first-order chi connectivity index (χ1) is 6.07. The summed E-state index contributed by atoms with van der Waals surface area (Å²) in [5.74, 6) is -2.16. The Morgan fingerprint density at radius 3 is 2.69 bits per heavy atom. The minimum Gasteiger partial charge on any atom is -0.493 e. The number of hydrogen-bond acceptors (Lipinski definition) is 2. The van der Waals surface area contributed by atoms with Crippen molar-refractivity contribution in [1.29, 1.82) is 0 Å². The summed E-state index contributed by atoms with van der Waals surface area (Å²) in [6, 6.07) is 2.70. The smallest absolute Gasteiger partial charge is 0.338 e. The fourth-order valence-electron chi connectivity index (χ4n) is 0.885. The molecule has 0 saturated carbocycles.